The molecule has 0 radical (unpaired) electrons. The van der Waals surface area contributed by atoms with Gasteiger partial charge in [-0.3, -0.25) is 4.57 Å². The standard InChI is InChI=1S/C12H26NO3P/c1-12(2,3)13-10-17(14,15-4)16-11-8-6-5-7-9-11/h11,13H,5-10H2,1-4H3. The van der Waals surface area contributed by atoms with Crippen LogP contribution in [0.1, 0.15) is 52.9 Å². The van der Waals surface area contributed by atoms with Crippen LogP contribution in [-0.2, 0) is 13.6 Å². The summed E-state index contributed by atoms with van der Waals surface area (Å²) in [5, 5.41) is 3.19. The van der Waals surface area contributed by atoms with E-state index in [0.717, 1.165) is 12.8 Å². The van der Waals surface area contributed by atoms with E-state index < -0.39 is 7.60 Å². The van der Waals surface area contributed by atoms with Gasteiger partial charge in [0.05, 0.1) is 12.4 Å². The monoisotopic (exact) mass is 263 g/mol. The van der Waals surface area contributed by atoms with E-state index in [1.165, 1.54) is 26.4 Å². The summed E-state index contributed by atoms with van der Waals surface area (Å²) in [5.41, 5.74) is -0.0793. The Morgan fingerprint density at radius 3 is 2.29 bits per heavy atom. The highest BCUT2D eigenvalue weighted by atomic mass is 31.2. The van der Waals surface area contributed by atoms with Crippen LogP contribution in [0.5, 0.6) is 0 Å². The third kappa shape index (κ3) is 6.01. The third-order valence-corrected chi connectivity index (χ3v) is 4.66. The van der Waals surface area contributed by atoms with Crippen LogP contribution in [0, 0.1) is 0 Å². The van der Waals surface area contributed by atoms with Gasteiger partial charge < -0.3 is 14.4 Å². The van der Waals surface area contributed by atoms with Gasteiger partial charge in [0.15, 0.2) is 0 Å². The topological polar surface area (TPSA) is 47.6 Å². The van der Waals surface area contributed by atoms with Gasteiger partial charge >= 0.3 is 7.60 Å². The predicted octanol–water partition coefficient (Wildman–Crippen LogP) is 3.52. The molecule has 0 bridgehead atoms. The SMILES string of the molecule is COP(=O)(CNC(C)(C)C)OC1CCCCC1. The van der Waals surface area contributed by atoms with Gasteiger partial charge in [-0.05, 0) is 33.6 Å². The number of hydrogen-bond acceptors (Lipinski definition) is 4. The van der Waals surface area contributed by atoms with Crippen molar-refractivity contribution in [2.45, 2.75) is 64.5 Å². The van der Waals surface area contributed by atoms with Crippen LogP contribution in [-0.4, -0.2) is 25.0 Å². The van der Waals surface area contributed by atoms with E-state index in [9.17, 15) is 4.57 Å². The third-order valence-electron chi connectivity index (χ3n) is 2.94. The minimum Gasteiger partial charge on any atom is -0.311 e. The van der Waals surface area contributed by atoms with E-state index in [1.54, 1.807) is 0 Å². The average Bonchev–Trinajstić information content (AvgIpc) is 2.27. The molecule has 1 aliphatic carbocycles. The van der Waals surface area contributed by atoms with Gasteiger partial charge in [0.2, 0.25) is 0 Å². The first-order chi connectivity index (χ1) is 7.85. The van der Waals surface area contributed by atoms with E-state index in [1.807, 2.05) is 20.8 Å². The molecule has 0 aromatic carbocycles. The minimum absolute atomic E-state index is 0.0793. The van der Waals surface area contributed by atoms with Crippen molar-refractivity contribution in [3.05, 3.63) is 0 Å². The second-order valence-corrected chi connectivity index (χ2v) is 7.86. The predicted molar refractivity (Wildman–Crippen MR) is 70.3 cm³/mol. The minimum atomic E-state index is -2.98. The Labute approximate surface area is 105 Å². The molecule has 1 N–H and O–H groups in total. The molecule has 17 heavy (non-hydrogen) atoms. The lowest BCUT2D eigenvalue weighted by molar-refractivity contribution is 0.124. The van der Waals surface area contributed by atoms with Gasteiger partial charge in [0.1, 0.15) is 0 Å². The van der Waals surface area contributed by atoms with Crippen LogP contribution >= 0.6 is 7.60 Å². The summed E-state index contributed by atoms with van der Waals surface area (Å²) < 4.78 is 23.2. The molecule has 5 heteroatoms. The van der Waals surface area contributed by atoms with Gasteiger partial charge in [0, 0.05) is 12.6 Å². The quantitative estimate of drug-likeness (QED) is 0.771. The van der Waals surface area contributed by atoms with Crippen LogP contribution in [0.3, 0.4) is 0 Å². The second-order valence-electron chi connectivity index (χ2n) is 5.74. The average molecular weight is 263 g/mol. The second kappa shape index (κ2) is 6.33. The van der Waals surface area contributed by atoms with Crippen molar-refractivity contribution < 1.29 is 13.6 Å². The van der Waals surface area contributed by atoms with Crippen molar-refractivity contribution in [2.75, 3.05) is 13.4 Å². The first-order valence-electron chi connectivity index (χ1n) is 6.43. The summed E-state index contributed by atoms with van der Waals surface area (Å²) in [7, 11) is -1.51. The van der Waals surface area contributed by atoms with Gasteiger partial charge in [0.25, 0.3) is 0 Å². The Bertz CT molecular complexity index is 269. The molecule has 1 fully saturated rings. The molecule has 4 nitrogen and oxygen atoms in total. The summed E-state index contributed by atoms with van der Waals surface area (Å²) in [5.74, 6) is 0. The summed E-state index contributed by atoms with van der Waals surface area (Å²) in [4.78, 5) is 0. The zero-order chi connectivity index (χ0) is 12.9. The normalized spacial score (nSPS) is 22.4. The van der Waals surface area contributed by atoms with E-state index in [0.29, 0.717) is 0 Å². The fourth-order valence-electron chi connectivity index (χ4n) is 1.88. The van der Waals surface area contributed by atoms with E-state index in [-0.39, 0.29) is 17.9 Å². The molecule has 1 aliphatic rings. The van der Waals surface area contributed by atoms with Gasteiger partial charge in [-0.2, -0.15) is 0 Å². The van der Waals surface area contributed by atoms with E-state index in [4.69, 9.17) is 9.05 Å². The molecule has 0 heterocycles. The van der Waals surface area contributed by atoms with Crippen LogP contribution < -0.4 is 5.32 Å². The van der Waals surface area contributed by atoms with Crippen LogP contribution in [0.2, 0.25) is 0 Å². The molecule has 0 aromatic rings. The molecular weight excluding hydrogens is 237 g/mol. The van der Waals surface area contributed by atoms with Gasteiger partial charge in [-0.1, -0.05) is 19.3 Å². The number of hydrogen-bond donors (Lipinski definition) is 1. The smallest absolute Gasteiger partial charge is 0.311 e. The van der Waals surface area contributed by atoms with Crippen molar-refractivity contribution in [2.24, 2.45) is 0 Å². The maximum atomic E-state index is 12.4. The summed E-state index contributed by atoms with van der Waals surface area (Å²) in [6, 6.07) is 0. The summed E-state index contributed by atoms with van der Waals surface area (Å²) in [6.45, 7) is 6.11. The van der Waals surface area contributed by atoms with Crippen molar-refractivity contribution in [1.82, 2.24) is 5.32 Å². The Kier molecular flexibility index (Phi) is 5.65. The molecule has 0 aliphatic heterocycles. The van der Waals surface area contributed by atoms with Gasteiger partial charge in [-0.25, -0.2) is 0 Å². The van der Waals surface area contributed by atoms with Crippen LogP contribution in [0.15, 0.2) is 0 Å². The Hall–Kier alpha value is 0.110. The Morgan fingerprint density at radius 2 is 1.82 bits per heavy atom. The molecule has 0 aromatic heterocycles. The lowest BCUT2D eigenvalue weighted by Crippen LogP contribution is -2.37. The fourth-order valence-corrected chi connectivity index (χ4v) is 3.50. The molecule has 1 saturated carbocycles. The molecule has 0 saturated heterocycles. The molecule has 0 spiro atoms. The molecular formula is C12H26NO3P. The van der Waals surface area contributed by atoms with E-state index >= 15 is 0 Å². The van der Waals surface area contributed by atoms with E-state index in [2.05, 4.69) is 5.32 Å². The molecule has 1 atom stereocenters. The fraction of sp³-hybridized carbons (Fsp3) is 1.00. The van der Waals surface area contributed by atoms with Crippen molar-refractivity contribution in [1.29, 1.82) is 0 Å². The van der Waals surface area contributed by atoms with Crippen LogP contribution in [0.25, 0.3) is 0 Å². The van der Waals surface area contributed by atoms with Crippen molar-refractivity contribution in [3.63, 3.8) is 0 Å². The lowest BCUT2D eigenvalue weighted by Gasteiger charge is -2.29. The zero-order valence-corrected chi connectivity index (χ0v) is 12.4. The molecule has 102 valence electrons. The molecule has 1 unspecified atom stereocenters. The maximum absolute atomic E-state index is 12.4. The number of nitrogens with one attached hydrogen (secondary N) is 1. The molecule has 0 amide bonds. The first kappa shape index (κ1) is 15.2. The Balaban J connectivity index is 2.46. The lowest BCUT2D eigenvalue weighted by atomic mass is 9.98. The highest BCUT2D eigenvalue weighted by Crippen LogP contribution is 2.49. The highest BCUT2D eigenvalue weighted by Gasteiger charge is 2.29. The van der Waals surface area contributed by atoms with Crippen molar-refractivity contribution in [3.8, 4) is 0 Å². The van der Waals surface area contributed by atoms with Crippen molar-refractivity contribution >= 4 is 7.60 Å². The Morgan fingerprint density at radius 1 is 1.24 bits per heavy atom. The maximum Gasteiger partial charge on any atom is 0.344 e. The van der Waals surface area contributed by atoms with Crippen LogP contribution in [0.4, 0.5) is 0 Å². The largest absolute Gasteiger partial charge is 0.344 e. The first-order valence-corrected chi connectivity index (χ1v) is 8.16. The molecule has 1 rings (SSSR count). The van der Waals surface area contributed by atoms with Gasteiger partial charge in [-0.15, -0.1) is 0 Å². The summed E-state index contributed by atoms with van der Waals surface area (Å²) in [6.07, 6.45) is 5.99. The summed E-state index contributed by atoms with van der Waals surface area (Å²) >= 11 is 0. The highest BCUT2D eigenvalue weighted by molar-refractivity contribution is 7.53. The zero-order valence-electron chi connectivity index (χ0n) is 11.5. The number of rotatable bonds is 5.